The first-order valence-electron chi connectivity index (χ1n) is 23.8. The van der Waals surface area contributed by atoms with E-state index in [1.54, 1.807) is 6.08 Å². The van der Waals surface area contributed by atoms with E-state index >= 15 is 0 Å². The molecule has 0 aromatic heterocycles. The van der Waals surface area contributed by atoms with Crippen molar-refractivity contribution in [3.05, 3.63) is 72.9 Å². The van der Waals surface area contributed by atoms with Gasteiger partial charge in [-0.3, -0.25) is 9.36 Å². The fraction of sp³-hybridized carbons (Fsp3) is 0.740. The number of carbonyl (C=O) groups is 1. The zero-order valence-electron chi connectivity index (χ0n) is 38.7. The van der Waals surface area contributed by atoms with Gasteiger partial charge in [0.1, 0.15) is 13.2 Å². The van der Waals surface area contributed by atoms with E-state index in [1.165, 1.54) is 96.3 Å². The highest BCUT2D eigenvalue weighted by Crippen LogP contribution is 2.38. The second kappa shape index (κ2) is 41.3. The number of phosphoric acid groups is 1. The third kappa shape index (κ3) is 43.8. The molecule has 0 aliphatic rings. The first kappa shape index (κ1) is 56.9. The van der Waals surface area contributed by atoms with Gasteiger partial charge in [-0.2, -0.15) is 0 Å². The lowest BCUT2D eigenvalue weighted by Crippen LogP contribution is -2.45. The summed E-state index contributed by atoms with van der Waals surface area (Å²) in [7, 11) is 1.20. The van der Waals surface area contributed by atoms with E-state index in [1.807, 2.05) is 27.2 Å². The topological polar surface area (TPSA) is 108 Å². The minimum atomic E-state index is -4.61. The van der Waals surface area contributed by atoms with Crippen LogP contribution in [0.2, 0.25) is 0 Å². The highest BCUT2D eigenvalue weighted by atomic mass is 31.2. The number of phosphoric ester groups is 1. The van der Waals surface area contributed by atoms with Crippen LogP contribution in [0.4, 0.5) is 0 Å². The molecule has 342 valence electrons. The van der Waals surface area contributed by atoms with Gasteiger partial charge in [-0.1, -0.05) is 177 Å². The number of rotatable bonds is 42. The largest absolute Gasteiger partial charge is 0.756 e. The summed E-state index contributed by atoms with van der Waals surface area (Å²) in [6.45, 7) is 4.46. The Morgan fingerprint density at radius 3 is 1.58 bits per heavy atom. The number of aliphatic hydroxyl groups is 1. The van der Waals surface area contributed by atoms with Crippen molar-refractivity contribution in [3.63, 3.8) is 0 Å². The van der Waals surface area contributed by atoms with Crippen molar-refractivity contribution in [2.24, 2.45) is 0 Å². The number of nitrogens with one attached hydrogen (secondary N) is 1. The number of carbonyl (C=O) groups excluding carboxylic acids is 1. The first-order chi connectivity index (χ1) is 28.5. The summed E-state index contributed by atoms with van der Waals surface area (Å²) in [4.78, 5) is 25.3. The Hall–Kier alpha value is -2.06. The molecule has 0 spiro atoms. The zero-order valence-corrected chi connectivity index (χ0v) is 39.6. The lowest BCUT2D eigenvalue weighted by atomic mass is 10.0. The lowest BCUT2D eigenvalue weighted by Gasteiger charge is -2.29. The maximum absolute atomic E-state index is 12.8. The van der Waals surface area contributed by atoms with E-state index < -0.39 is 26.6 Å². The van der Waals surface area contributed by atoms with Gasteiger partial charge in [0, 0.05) is 6.42 Å². The zero-order chi connectivity index (χ0) is 43.6. The van der Waals surface area contributed by atoms with Crippen molar-refractivity contribution in [1.82, 2.24) is 5.32 Å². The Morgan fingerprint density at radius 2 is 1.05 bits per heavy atom. The maximum Gasteiger partial charge on any atom is 0.268 e. The summed E-state index contributed by atoms with van der Waals surface area (Å²) in [6.07, 6.45) is 55.5. The van der Waals surface area contributed by atoms with Gasteiger partial charge in [-0.25, -0.2) is 0 Å². The van der Waals surface area contributed by atoms with Crippen LogP contribution >= 0.6 is 7.82 Å². The number of hydrogen-bond acceptors (Lipinski definition) is 6. The van der Waals surface area contributed by atoms with E-state index in [0.29, 0.717) is 23.9 Å². The molecular weight excluding hydrogens is 756 g/mol. The van der Waals surface area contributed by atoms with Crippen LogP contribution in [0.3, 0.4) is 0 Å². The fourth-order valence-corrected chi connectivity index (χ4v) is 7.10. The molecule has 0 aliphatic heterocycles. The van der Waals surface area contributed by atoms with E-state index in [2.05, 4.69) is 79.9 Å². The molecule has 0 rings (SSSR count). The SMILES string of the molecule is CC/C=C\C/C=C\C/C=C\CCCCCC(=O)NC(COP(=O)([O-])OCC[N+](C)(C)C)C(O)/C=C/CC/C=C/CC/C=C/CCCCCCCCCCCCCCCC. The normalized spacial score (nSPS) is 14.9. The highest BCUT2D eigenvalue weighted by Gasteiger charge is 2.23. The number of unbranched alkanes of at least 4 members (excludes halogenated alkanes) is 19. The van der Waals surface area contributed by atoms with Crippen LogP contribution < -0.4 is 10.2 Å². The molecule has 0 bridgehead atoms. The smallest absolute Gasteiger partial charge is 0.268 e. The van der Waals surface area contributed by atoms with Crippen LogP contribution in [0, 0.1) is 0 Å². The predicted molar refractivity (Wildman–Crippen MR) is 251 cm³/mol. The lowest BCUT2D eigenvalue weighted by molar-refractivity contribution is -0.870. The number of quaternary nitrogens is 1. The Bertz CT molecular complexity index is 1190. The van der Waals surface area contributed by atoms with Gasteiger partial charge in [-0.05, 0) is 77.0 Å². The van der Waals surface area contributed by atoms with Gasteiger partial charge in [0.15, 0.2) is 0 Å². The quantitative estimate of drug-likeness (QED) is 0.0274. The summed E-state index contributed by atoms with van der Waals surface area (Å²) in [5, 5.41) is 13.7. The van der Waals surface area contributed by atoms with Crippen molar-refractivity contribution in [2.45, 2.75) is 199 Å². The molecule has 59 heavy (non-hydrogen) atoms. The number of aliphatic hydroxyl groups excluding tert-OH is 1. The second-order valence-corrected chi connectivity index (χ2v) is 18.5. The summed E-state index contributed by atoms with van der Waals surface area (Å²) in [5.41, 5.74) is 0. The Kier molecular flexibility index (Phi) is 39.9. The molecule has 0 fully saturated rings. The number of nitrogens with zero attached hydrogens (tertiary/aromatic N) is 1. The van der Waals surface area contributed by atoms with Crippen molar-refractivity contribution in [3.8, 4) is 0 Å². The Morgan fingerprint density at radius 1 is 0.610 bits per heavy atom. The first-order valence-corrected chi connectivity index (χ1v) is 25.3. The Labute approximate surface area is 364 Å². The van der Waals surface area contributed by atoms with E-state index in [4.69, 9.17) is 9.05 Å². The van der Waals surface area contributed by atoms with Gasteiger partial charge >= 0.3 is 0 Å². The van der Waals surface area contributed by atoms with Crippen LogP contribution in [-0.4, -0.2) is 68.5 Å². The van der Waals surface area contributed by atoms with E-state index in [9.17, 15) is 19.4 Å². The molecular formula is C50H91N2O6P. The summed E-state index contributed by atoms with van der Waals surface area (Å²) < 4.78 is 23.2. The van der Waals surface area contributed by atoms with Crippen LogP contribution in [0.25, 0.3) is 0 Å². The molecule has 0 saturated heterocycles. The minimum absolute atomic E-state index is 0.0182. The Balaban J connectivity index is 4.43. The average Bonchev–Trinajstić information content (AvgIpc) is 3.19. The molecule has 8 nitrogen and oxygen atoms in total. The molecule has 0 aliphatic carbocycles. The molecule has 2 N–H and O–H groups in total. The van der Waals surface area contributed by atoms with Gasteiger partial charge in [-0.15, -0.1) is 0 Å². The molecule has 1 amide bonds. The number of likely N-dealkylation sites (N-methyl/N-ethyl adjacent to an activating group) is 1. The van der Waals surface area contributed by atoms with Gasteiger partial charge in [0.05, 0.1) is 39.9 Å². The van der Waals surface area contributed by atoms with Gasteiger partial charge in [0.2, 0.25) is 5.91 Å². The number of allylic oxidation sites excluding steroid dienone is 11. The molecule has 0 aromatic rings. The second-order valence-electron chi connectivity index (χ2n) is 17.1. The standard InChI is InChI=1S/C50H91N2O6P/c1-6-8-10-12-14-16-18-20-21-22-23-24-25-26-27-28-29-30-32-33-35-37-39-41-43-49(53)48(47-58-59(55,56)57-46-45-52(3,4)5)51-50(54)44-42-40-38-36-34-31-19-17-15-13-11-9-7-2/h9,11,15,17,28-29,31,33-35,41,43,48-49,53H,6-8,10,12-14,16,18-27,30,32,36-40,42,44-47H2,1-5H3,(H-,51,54,55,56)/b11-9-,17-15-,29-28+,34-31-,35-33+,43-41+. The third-order valence-electron chi connectivity index (χ3n) is 10.1. The molecule has 0 saturated carbocycles. The van der Waals surface area contributed by atoms with Crippen molar-refractivity contribution < 1.29 is 32.9 Å². The van der Waals surface area contributed by atoms with E-state index in [-0.39, 0.29) is 12.5 Å². The third-order valence-corrected chi connectivity index (χ3v) is 11.1. The van der Waals surface area contributed by atoms with Crippen LogP contribution in [0.5, 0.6) is 0 Å². The van der Waals surface area contributed by atoms with Crippen LogP contribution in [0.1, 0.15) is 187 Å². The summed E-state index contributed by atoms with van der Waals surface area (Å²) in [6, 6.07) is -0.927. The van der Waals surface area contributed by atoms with E-state index in [0.717, 1.165) is 64.2 Å². The fourth-order valence-electron chi connectivity index (χ4n) is 6.37. The van der Waals surface area contributed by atoms with Gasteiger partial charge < -0.3 is 28.8 Å². The highest BCUT2D eigenvalue weighted by molar-refractivity contribution is 7.45. The molecule has 0 heterocycles. The number of hydrogen-bond donors (Lipinski definition) is 2. The average molecular weight is 847 g/mol. The maximum atomic E-state index is 12.8. The number of amides is 1. The molecule has 0 radical (unpaired) electrons. The molecule has 0 aromatic carbocycles. The molecule has 9 heteroatoms. The summed E-state index contributed by atoms with van der Waals surface area (Å²) in [5.74, 6) is -0.243. The summed E-state index contributed by atoms with van der Waals surface area (Å²) >= 11 is 0. The molecule has 3 unspecified atom stereocenters. The van der Waals surface area contributed by atoms with Crippen LogP contribution in [0.15, 0.2) is 72.9 Å². The van der Waals surface area contributed by atoms with Crippen LogP contribution in [-0.2, 0) is 18.4 Å². The van der Waals surface area contributed by atoms with Gasteiger partial charge in [0.25, 0.3) is 7.82 Å². The van der Waals surface area contributed by atoms with Crippen molar-refractivity contribution in [2.75, 3.05) is 40.9 Å². The van der Waals surface area contributed by atoms with Crippen molar-refractivity contribution >= 4 is 13.7 Å². The van der Waals surface area contributed by atoms with Crippen molar-refractivity contribution in [1.29, 1.82) is 0 Å². The minimum Gasteiger partial charge on any atom is -0.756 e. The predicted octanol–water partition coefficient (Wildman–Crippen LogP) is 12.9. The monoisotopic (exact) mass is 847 g/mol. The molecule has 3 atom stereocenters.